The number of hydrogen-bond acceptors (Lipinski definition) is 2. The van der Waals surface area contributed by atoms with Crippen molar-refractivity contribution < 1.29 is 9.84 Å². The van der Waals surface area contributed by atoms with Crippen molar-refractivity contribution in [1.82, 2.24) is 0 Å². The van der Waals surface area contributed by atoms with Crippen LogP contribution < -0.4 is 4.74 Å². The van der Waals surface area contributed by atoms with E-state index in [0.717, 1.165) is 35.6 Å². The third kappa shape index (κ3) is 2.96. The van der Waals surface area contributed by atoms with Crippen LogP contribution in [-0.4, -0.2) is 11.2 Å². The molecule has 0 heterocycles. The minimum absolute atomic E-state index is 0.413. The van der Waals surface area contributed by atoms with Crippen LogP contribution >= 0.6 is 0 Å². The smallest absolute Gasteiger partial charge is 0.119 e. The Kier molecular flexibility index (Phi) is 3.19. The van der Waals surface area contributed by atoms with Crippen molar-refractivity contribution >= 4 is 0 Å². The molecule has 0 spiro atoms. The summed E-state index contributed by atoms with van der Waals surface area (Å²) in [7, 11) is 0. The molecule has 0 amide bonds. The molecular formula is C19H20O2. The highest BCUT2D eigenvalue weighted by atomic mass is 16.5. The summed E-state index contributed by atoms with van der Waals surface area (Å²) < 4.78 is 5.73. The monoisotopic (exact) mass is 280 g/mol. The predicted octanol–water partition coefficient (Wildman–Crippen LogP) is 4.19. The minimum atomic E-state index is -0.562. The Labute approximate surface area is 125 Å². The Morgan fingerprint density at radius 2 is 1.38 bits per heavy atom. The van der Waals surface area contributed by atoms with Gasteiger partial charge in [-0.1, -0.05) is 36.4 Å². The highest BCUT2D eigenvalue weighted by molar-refractivity contribution is 5.36. The Bertz CT molecular complexity index is 607. The van der Waals surface area contributed by atoms with Crippen LogP contribution in [0.2, 0.25) is 0 Å². The van der Waals surface area contributed by atoms with E-state index < -0.39 is 6.10 Å². The van der Waals surface area contributed by atoms with Gasteiger partial charge < -0.3 is 9.84 Å². The van der Waals surface area contributed by atoms with Crippen LogP contribution in [0.4, 0.5) is 0 Å². The zero-order valence-corrected chi connectivity index (χ0v) is 12.0. The summed E-state index contributed by atoms with van der Waals surface area (Å²) in [5.41, 5.74) is 3.27. The molecule has 21 heavy (non-hydrogen) atoms. The maximum atomic E-state index is 10.5. The molecule has 0 aromatic heterocycles. The number of aliphatic hydroxyl groups is 1. The fraction of sp³-hybridized carbons (Fsp3) is 0.368. The summed E-state index contributed by atoms with van der Waals surface area (Å²) in [6.45, 7) is 0. The number of hydrogen-bond donors (Lipinski definition) is 1. The Morgan fingerprint density at radius 1 is 0.810 bits per heavy atom. The van der Waals surface area contributed by atoms with Gasteiger partial charge in [-0.3, -0.25) is 0 Å². The molecule has 1 N–H and O–H groups in total. The van der Waals surface area contributed by atoms with E-state index in [9.17, 15) is 5.11 Å². The molecule has 0 bridgehead atoms. The molecule has 1 atom stereocenters. The van der Waals surface area contributed by atoms with Gasteiger partial charge in [0.2, 0.25) is 0 Å². The van der Waals surface area contributed by atoms with Crippen molar-refractivity contribution in [3.8, 4) is 5.75 Å². The van der Waals surface area contributed by atoms with Crippen LogP contribution in [0.15, 0.2) is 48.5 Å². The summed E-state index contributed by atoms with van der Waals surface area (Å²) in [4.78, 5) is 0. The van der Waals surface area contributed by atoms with Crippen molar-refractivity contribution in [3.63, 3.8) is 0 Å². The summed E-state index contributed by atoms with van der Waals surface area (Å²) >= 11 is 0. The van der Waals surface area contributed by atoms with Gasteiger partial charge in [-0.2, -0.15) is 0 Å². The summed E-state index contributed by atoms with van der Waals surface area (Å²) in [6.07, 6.45) is 4.80. The van der Waals surface area contributed by atoms with Gasteiger partial charge in [-0.25, -0.2) is 0 Å². The number of aliphatic hydroxyl groups excluding tert-OH is 1. The molecule has 2 aromatic rings. The van der Waals surface area contributed by atoms with Crippen LogP contribution in [0.25, 0.3) is 0 Å². The second kappa shape index (κ2) is 5.19. The van der Waals surface area contributed by atoms with Gasteiger partial charge >= 0.3 is 0 Å². The van der Waals surface area contributed by atoms with E-state index in [2.05, 4.69) is 12.1 Å². The molecule has 1 unspecified atom stereocenters. The van der Waals surface area contributed by atoms with Crippen molar-refractivity contribution in [3.05, 3.63) is 65.2 Å². The van der Waals surface area contributed by atoms with Gasteiger partial charge in [0.05, 0.1) is 6.10 Å². The van der Waals surface area contributed by atoms with Crippen molar-refractivity contribution in [2.24, 2.45) is 0 Å². The quantitative estimate of drug-likeness (QED) is 0.890. The lowest BCUT2D eigenvalue weighted by Gasteiger charge is -2.13. The van der Waals surface area contributed by atoms with E-state index in [1.165, 1.54) is 18.4 Å². The molecule has 2 heteroatoms. The van der Waals surface area contributed by atoms with E-state index in [1.54, 1.807) is 0 Å². The molecule has 2 aliphatic rings. The average molecular weight is 280 g/mol. The van der Waals surface area contributed by atoms with E-state index in [1.807, 2.05) is 36.4 Å². The first-order chi connectivity index (χ1) is 10.3. The second-order valence-electron chi connectivity index (χ2n) is 6.23. The van der Waals surface area contributed by atoms with E-state index in [0.29, 0.717) is 6.10 Å². The Morgan fingerprint density at radius 3 is 1.90 bits per heavy atom. The van der Waals surface area contributed by atoms with E-state index in [4.69, 9.17) is 4.74 Å². The second-order valence-corrected chi connectivity index (χ2v) is 6.23. The van der Waals surface area contributed by atoms with Crippen LogP contribution in [0, 0.1) is 0 Å². The SMILES string of the molecule is OC(c1ccc(OC2CC2)cc1)c1ccc(C2CC2)cc1. The summed E-state index contributed by atoms with van der Waals surface area (Å²) in [6, 6.07) is 16.2. The fourth-order valence-electron chi connectivity index (χ4n) is 2.67. The third-order valence-corrected chi connectivity index (χ3v) is 4.32. The molecule has 0 saturated heterocycles. The Hall–Kier alpha value is -1.80. The van der Waals surface area contributed by atoms with Crippen molar-refractivity contribution in [2.45, 2.75) is 43.8 Å². The number of ether oxygens (including phenoxy) is 1. The Balaban J connectivity index is 1.48. The highest BCUT2D eigenvalue weighted by Gasteiger charge is 2.24. The van der Waals surface area contributed by atoms with Crippen molar-refractivity contribution in [2.75, 3.05) is 0 Å². The third-order valence-electron chi connectivity index (χ3n) is 4.32. The maximum absolute atomic E-state index is 10.5. The maximum Gasteiger partial charge on any atom is 0.119 e. The van der Waals surface area contributed by atoms with Gasteiger partial charge in [0.1, 0.15) is 11.9 Å². The predicted molar refractivity (Wildman–Crippen MR) is 82.6 cm³/mol. The van der Waals surface area contributed by atoms with Gasteiger partial charge in [0, 0.05) is 0 Å². The average Bonchev–Trinajstić information content (AvgIpc) is 3.41. The summed E-state index contributed by atoms with van der Waals surface area (Å²) in [5, 5.41) is 10.5. The van der Waals surface area contributed by atoms with Gasteiger partial charge in [-0.15, -0.1) is 0 Å². The number of rotatable bonds is 5. The molecule has 0 radical (unpaired) electrons. The molecule has 108 valence electrons. The zero-order valence-electron chi connectivity index (χ0n) is 12.0. The molecule has 4 rings (SSSR count). The van der Waals surface area contributed by atoms with Crippen LogP contribution in [0.5, 0.6) is 5.75 Å². The van der Waals surface area contributed by atoms with Gasteiger partial charge in [0.15, 0.2) is 0 Å². The van der Waals surface area contributed by atoms with Crippen molar-refractivity contribution in [1.29, 1.82) is 0 Å². The molecule has 2 saturated carbocycles. The molecule has 2 aromatic carbocycles. The van der Waals surface area contributed by atoms with Crippen LogP contribution in [-0.2, 0) is 0 Å². The standard InChI is InChI=1S/C19H20O2/c20-19(15-5-3-14(4-6-15)13-1-2-13)16-7-9-17(10-8-16)21-18-11-12-18/h3-10,13,18-20H,1-2,11-12H2. The molecule has 2 fully saturated rings. The molecule has 2 aliphatic carbocycles. The first kappa shape index (κ1) is 12.9. The van der Waals surface area contributed by atoms with Gasteiger partial charge in [0.25, 0.3) is 0 Å². The first-order valence-electron chi connectivity index (χ1n) is 7.84. The molecular weight excluding hydrogens is 260 g/mol. The first-order valence-corrected chi connectivity index (χ1v) is 7.84. The van der Waals surface area contributed by atoms with E-state index >= 15 is 0 Å². The minimum Gasteiger partial charge on any atom is -0.490 e. The van der Waals surface area contributed by atoms with Crippen LogP contribution in [0.3, 0.4) is 0 Å². The van der Waals surface area contributed by atoms with Crippen LogP contribution in [0.1, 0.15) is 54.4 Å². The molecule has 0 aliphatic heterocycles. The fourth-order valence-corrected chi connectivity index (χ4v) is 2.67. The topological polar surface area (TPSA) is 29.5 Å². The zero-order chi connectivity index (χ0) is 14.2. The number of benzene rings is 2. The largest absolute Gasteiger partial charge is 0.490 e. The normalized spacial score (nSPS) is 19.3. The lowest BCUT2D eigenvalue weighted by Crippen LogP contribution is -2.01. The van der Waals surface area contributed by atoms with Gasteiger partial charge in [-0.05, 0) is 60.4 Å². The molecule has 2 nitrogen and oxygen atoms in total. The summed E-state index contributed by atoms with van der Waals surface area (Å²) in [5.74, 6) is 1.66. The highest BCUT2D eigenvalue weighted by Crippen LogP contribution is 2.40. The lowest BCUT2D eigenvalue weighted by atomic mass is 9.99. The van der Waals surface area contributed by atoms with E-state index in [-0.39, 0.29) is 0 Å². The lowest BCUT2D eigenvalue weighted by molar-refractivity contribution is 0.220.